The summed E-state index contributed by atoms with van der Waals surface area (Å²) in [5.41, 5.74) is 2.07. The predicted molar refractivity (Wildman–Crippen MR) is 57.6 cm³/mol. The van der Waals surface area contributed by atoms with E-state index in [0.29, 0.717) is 0 Å². The van der Waals surface area contributed by atoms with Crippen LogP contribution in [0.5, 0.6) is 0 Å². The second-order valence-electron chi connectivity index (χ2n) is 3.12. The van der Waals surface area contributed by atoms with E-state index in [4.69, 9.17) is 17.4 Å². The maximum atomic E-state index is 5.86. The fraction of sp³-hybridized carbons (Fsp3) is 0.100. The summed E-state index contributed by atoms with van der Waals surface area (Å²) in [6.45, 7) is 1.98. The van der Waals surface area contributed by atoms with Gasteiger partial charge in [-0.15, -0.1) is 0 Å². The summed E-state index contributed by atoms with van der Waals surface area (Å²) in [4.78, 5) is 4.17. The Hall–Kier alpha value is -1.48. The Labute approximate surface area is 87.1 Å². The number of imidazole rings is 1. The maximum absolute atomic E-state index is 5.86. The van der Waals surface area contributed by atoms with Crippen molar-refractivity contribution in [3.63, 3.8) is 0 Å². The Balaban J connectivity index is 2.58. The van der Waals surface area contributed by atoms with Crippen molar-refractivity contribution in [2.75, 3.05) is 5.84 Å². The van der Waals surface area contributed by atoms with Gasteiger partial charge in [0.2, 0.25) is 0 Å². The van der Waals surface area contributed by atoms with E-state index < -0.39 is 0 Å². The Bertz CT molecular complexity index is 462. The van der Waals surface area contributed by atoms with E-state index in [1.54, 1.807) is 12.4 Å². The lowest BCUT2D eigenvalue weighted by atomic mass is 10.1. The van der Waals surface area contributed by atoms with Crippen molar-refractivity contribution < 1.29 is 0 Å². The second kappa shape index (κ2) is 3.35. The van der Waals surface area contributed by atoms with Crippen LogP contribution in [0, 0.1) is 6.92 Å². The maximum Gasteiger partial charge on any atom is 0.158 e. The van der Waals surface area contributed by atoms with E-state index in [9.17, 15) is 0 Å². The molecule has 1 heterocycles. The average Bonchev–Trinajstić information content (AvgIpc) is 2.52. The predicted octanol–water partition coefficient (Wildman–Crippen LogP) is 2.23. The fourth-order valence-corrected chi connectivity index (χ4v) is 1.63. The number of aryl methyl sites for hydroxylation is 1. The highest BCUT2D eigenvalue weighted by Crippen LogP contribution is 2.23. The van der Waals surface area contributed by atoms with Gasteiger partial charge in [-0.05, 0) is 30.7 Å². The standard InChI is InChI=1S/C10H10ClN3/c1-7-6-8(11)2-3-9(7)10-13-4-5-14(10)12/h2-6H,12H2,1H3. The van der Waals surface area contributed by atoms with Crippen LogP contribution in [0.2, 0.25) is 5.02 Å². The van der Waals surface area contributed by atoms with Crippen molar-refractivity contribution >= 4 is 11.6 Å². The molecule has 0 radical (unpaired) electrons. The van der Waals surface area contributed by atoms with Crippen molar-refractivity contribution in [2.24, 2.45) is 0 Å². The zero-order chi connectivity index (χ0) is 10.1. The molecule has 2 rings (SSSR count). The SMILES string of the molecule is Cc1cc(Cl)ccc1-c1nccn1N. The van der Waals surface area contributed by atoms with Crippen molar-refractivity contribution in [3.8, 4) is 11.4 Å². The molecule has 0 saturated heterocycles. The Kier molecular flexibility index (Phi) is 2.17. The zero-order valence-electron chi connectivity index (χ0n) is 7.74. The average molecular weight is 208 g/mol. The first-order chi connectivity index (χ1) is 6.68. The molecule has 1 aromatic heterocycles. The molecule has 2 N–H and O–H groups in total. The number of nitrogen functional groups attached to an aromatic ring is 1. The first kappa shape index (κ1) is 9.09. The summed E-state index contributed by atoms with van der Waals surface area (Å²) in [7, 11) is 0. The lowest BCUT2D eigenvalue weighted by Crippen LogP contribution is -2.08. The number of halogens is 1. The van der Waals surface area contributed by atoms with Crippen LogP contribution < -0.4 is 5.84 Å². The summed E-state index contributed by atoms with van der Waals surface area (Å²) in [6.07, 6.45) is 3.38. The van der Waals surface area contributed by atoms with Gasteiger partial charge in [-0.2, -0.15) is 0 Å². The minimum atomic E-state index is 0.723. The molecule has 1 aromatic carbocycles. The molecular formula is C10H10ClN3. The van der Waals surface area contributed by atoms with E-state index in [0.717, 1.165) is 22.0 Å². The summed E-state index contributed by atoms with van der Waals surface area (Å²) in [5.74, 6) is 6.45. The second-order valence-corrected chi connectivity index (χ2v) is 3.55. The van der Waals surface area contributed by atoms with Crippen LogP contribution in [0.3, 0.4) is 0 Å². The Morgan fingerprint density at radius 2 is 2.21 bits per heavy atom. The minimum Gasteiger partial charge on any atom is -0.338 e. The molecule has 72 valence electrons. The topological polar surface area (TPSA) is 43.8 Å². The van der Waals surface area contributed by atoms with Crippen molar-refractivity contribution in [3.05, 3.63) is 41.2 Å². The van der Waals surface area contributed by atoms with Crippen LogP contribution in [0.25, 0.3) is 11.4 Å². The molecule has 0 saturated carbocycles. The zero-order valence-corrected chi connectivity index (χ0v) is 8.49. The van der Waals surface area contributed by atoms with E-state index in [2.05, 4.69) is 4.98 Å². The van der Waals surface area contributed by atoms with Gasteiger partial charge < -0.3 is 5.84 Å². The summed E-state index contributed by atoms with van der Waals surface area (Å²) in [6, 6.07) is 5.65. The molecule has 0 atom stereocenters. The van der Waals surface area contributed by atoms with Crippen LogP contribution in [-0.4, -0.2) is 9.66 Å². The number of benzene rings is 1. The lowest BCUT2D eigenvalue weighted by Gasteiger charge is -2.05. The van der Waals surface area contributed by atoms with Gasteiger partial charge in [0, 0.05) is 23.0 Å². The molecular weight excluding hydrogens is 198 g/mol. The summed E-state index contributed by atoms with van der Waals surface area (Å²) in [5, 5.41) is 0.723. The van der Waals surface area contributed by atoms with Gasteiger partial charge in [-0.3, -0.25) is 4.68 Å². The van der Waals surface area contributed by atoms with E-state index in [1.165, 1.54) is 4.68 Å². The van der Waals surface area contributed by atoms with Crippen LogP contribution in [0.4, 0.5) is 0 Å². The van der Waals surface area contributed by atoms with E-state index in [-0.39, 0.29) is 0 Å². The number of hydrogen-bond donors (Lipinski definition) is 1. The number of aromatic nitrogens is 2. The number of nitrogens with two attached hydrogens (primary N) is 1. The molecule has 0 spiro atoms. The highest BCUT2D eigenvalue weighted by Gasteiger charge is 2.06. The fourth-order valence-electron chi connectivity index (χ4n) is 1.40. The third kappa shape index (κ3) is 1.46. The molecule has 0 fully saturated rings. The molecule has 4 heteroatoms. The number of nitrogens with zero attached hydrogens (tertiary/aromatic N) is 2. The third-order valence-electron chi connectivity index (χ3n) is 2.10. The number of rotatable bonds is 1. The number of hydrogen-bond acceptors (Lipinski definition) is 2. The van der Waals surface area contributed by atoms with Gasteiger partial charge in [0.25, 0.3) is 0 Å². The Morgan fingerprint density at radius 3 is 2.79 bits per heavy atom. The van der Waals surface area contributed by atoms with Crippen LogP contribution in [0.15, 0.2) is 30.6 Å². The monoisotopic (exact) mass is 207 g/mol. The molecule has 14 heavy (non-hydrogen) atoms. The first-order valence-corrected chi connectivity index (χ1v) is 4.61. The normalized spacial score (nSPS) is 10.4. The van der Waals surface area contributed by atoms with Gasteiger partial charge in [0.1, 0.15) is 0 Å². The van der Waals surface area contributed by atoms with Gasteiger partial charge in [-0.1, -0.05) is 11.6 Å². The molecule has 0 unspecified atom stereocenters. The summed E-state index contributed by atoms with van der Waals surface area (Å²) >= 11 is 5.86. The molecule has 0 aliphatic rings. The van der Waals surface area contributed by atoms with Crippen LogP contribution in [0.1, 0.15) is 5.56 Å². The van der Waals surface area contributed by atoms with Gasteiger partial charge in [-0.25, -0.2) is 4.98 Å². The van der Waals surface area contributed by atoms with Crippen LogP contribution in [-0.2, 0) is 0 Å². The molecule has 0 bridgehead atoms. The third-order valence-corrected chi connectivity index (χ3v) is 2.33. The molecule has 0 amide bonds. The lowest BCUT2D eigenvalue weighted by molar-refractivity contribution is 1.01. The molecule has 2 aromatic rings. The van der Waals surface area contributed by atoms with Gasteiger partial charge >= 0.3 is 0 Å². The van der Waals surface area contributed by atoms with Gasteiger partial charge in [0.15, 0.2) is 5.82 Å². The quantitative estimate of drug-likeness (QED) is 0.729. The largest absolute Gasteiger partial charge is 0.338 e. The smallest absolute Gasteiger partial charge is 0.158 e. The minimum absolute atomic E-state index is 0.723. The summed E-state index contributed by atoms with van der Waals surface area (Å²) < 4.78 is 1.50. The van der Waals surface area contributed by atoms with Crippen LogP contribution >= 0.6 is 11.6 Å². The highest BCUT2D eigenvalue weighted by atomic mass is 35.5. The van der Waals surface area contributed by atoms with Crippen molar-refractivity contribution in [2.45, 2.75) is 6.92 Å². The molecule has 0 aliphatic carbocycles. The van der Waals surface area contributed by atoms with Crippen molar-refractivity contribution in [1.29, 1.82) is 0 Å². The first-order valence-electron chi connectivity index (χ1n) is 4.23. The highest BCUT2D eigenvalue weighted by molar-refractivity contribution is 6.30. The van der Waals surface area contributed by atoms with Gasteiger partial charge in [0.05, 0.1) is 0 Å². The molecule has 0 aliphatic heterocycles. The Morgan fingerprint density at radius 1 is 1.43 bits per heavy atom. The van der Waals surface area contributed by atoms with E-state index in [1.807, 2.05) is 25.1 Å². The van der Waals surface area contributed by atoms with E-state index >= 15 is 0 Å². The van der Waals surface area contributed by atoms with Crippen molar-refractivity contribution in [1.82, 2.24) is 9.66 Å². The molecule has 3 nitrogen and oxygen atoms in total.